The lowest BCUT2D eigenvalue weighted by atomic mass is 9.75. The first-order chi connectivity index (χ1) is 11.4. The van der Waals surface area contributed by atoms with Gasteiger partial charge in [-0.05, 0) is 35.8 Å². The minimum Gasteiger partial charge on any atom is -0.334 e. The van der Waals surface area contributed by atoms with Gasteiger partial charge < -0.3 is 9.69 Å². The summed E-state index contributed by atoms with van der Waals surface area (Å²) in [5.41, 5.74) is 0.558. The second kappa shape index (κ2) is 8.39. The van der Waals surface area contributed by atoms with Crippen molar-refractivity contribution in [3.63, 3.8) is 0 Å². The second-order valence-corrected chi connectivity index (χ2v) is 9.08. The van der Waals surface area contributed by atoms with Crippen LogP contribution < -0.4 is 0 Å². The number of likely N-dealkylation sites (tertiary alicyclic amines) is 1. The summed E-state index contributed by atoms with van der Waals surface area (Å²) in [6.45, 7) is 6.96. The summed E-state index contributed by atoms with van der Waals surface area (Å²) in [7, 11) is 0. The lowest BCUT2D eigenvalue weighted by molar-refractivity contribution is -0.150. The summed E-state index contributed by atoms with van der Waals surface area (Å²) in [6, 6.07) is 7.84. The summed E-state index contributed by atoms with van der Waals surface area (Å²) in [5, 5.41) is 1.24. The number of aldehydes is 1. The molecule has 0 bridgehead atoms. The number of rotatable bonds is 7. The number of carbonyl (C=O) groups is 2. The van der Waals surface area contributed by atoms with E-state index < -0.39 is 5.41 Å². The molecule has 1 amide bonds. The van der Waals surface area contributed by atoms with Crippen molar-refractivity contribution in [3.8, 4) is 0 Å². The number of halogens is 1. The van der Waals surface area contributed by atoms with E-state index in [1.807, 2.05) is 47.9 Å². The molecule has 0 aliphatic carbocycles. The molecule has 24 heavy (non-hydrogen) atoms. The van der Waals surface area contributed by atoms with Gasteiger partial charge in [-0.2, -0.15) is 11.8 Å². The quantitative estimate of drug-likeness (QED) is 0.653. The molecule has 5 heteroatoms. The predicted molar refractivity (Wildman–Crippen MR) is 102 cm³/mol. The third kappa shape index (κ3) is 4.54. The molecular formula is C19H26ClNO2S. The lowest BCUT2D eigenvalue weighted by Gasteiger charge is -2.44. The molecule has 2 rings (SSSR count). The maximum absolute atomic E-state index is 13.1. The van der Waals surface area contributed by atoms with Crippen molar-refractivity contribution in [3.05, 3.63) is 34.9 Å². The molecule has 0 radical (unpaired) electrons. The Labute approximate surface area is 154 Å². The Morgan fingerprint density at radius 2 is 2.04 bits per heavy atom. The van der Waals surface area contributed by atoms with E-state index in [2.05, 4.69) is 13.8 Å². The third-order valence-corrected chi connectivity index (χ3v) is 6.03. The molecule has 1 aliphatic heterocycles. The van der Waals surface area contributed by atoms with Crippen LogP contribution in [0.5, 0.6) is 0 Å². The van der Waals surface area contributed by atoms with Gasteiger partial charge >= 0.3 is 0 Å². The van der Waals surface area contributed by atoms with E-state index >= 15 is 0 Å². The summed E-state index contributed by atoms with van der Waals surface area (Å²) in [5.74, 6) is 1.01. The molecule has 1 aromatic rings. The fourth-order valence-corrected chi connectivity index (χ4v) is 4.15. The van der Waals surface area contributed by atoms with Gasteiger partial charge in [0.15, 0.2) is 0 Å². The average Bonchev–Trinajstić information content (AvgIpc) is 2.53. The highest BCUT2D eigenvalue weighted by atomic mass is 35.5. The molecule has 132 valence electrons. The van der Waals surface area contributed by atoms with Crippen LogP contribution in [0.25, 0.3) is 0 Å². The van der Waals surface area contributed by atoms with Crippen LogP contribution in [0, 0.1) is 5.41 Å². The van der Waals surface area contributed by atoms with Crippen molar-refractivity contribution >= 4 is 35.6 Å². The van der Waals surface area contributed by atoms with Crippen LogP contribution in [-0.2, 0) is 9.59 Å². The van der Waals surface area contributed by atoms with Gasteiger partial charge in [0.1, 0.15) is 6.29 Å². The third-order valence-electron chi connectivity index (χ3n) is 4.69. The molecule has 1 fully saturated rings. The van der Waals surface area contributed by atoms with Gasteiger partial charge in [-0.1, -0.05) is 44.5 Å². The maximum Gasteiger partial charge on any atom is 0.229 e. The Morgan fingerprint density at radius 3 is 2.62 bits per heavy atom. The first kappa shape index (κ1) is 19.3. The molecule has 0 aromatic heterocycles. The molecule has 1 unspecified atom stereocenters. The molecule has 0 saturated carbocycles. The molecule has 1 aromatic carbocycles. The van der Waals surface area contributed by atoms with Gasteiger partial charge in [0.05, 0.1) is 11.5 Å². The molecule has 1 heterocycles. The first-order valence-corrected chi connectivity index (χ1v) is 9.92. The van der Waals surface area contributed by atoms with Gasteiger partial charge in [0, 0.05) is 23.7 Å². The molecule has 3 nitrogen and oxygen atoms in total. The number of piperidine rings is 1. The van der Waals surface area contributed by atoms with Crippen molar-refractivity contribution < 1.29 is 9.59 Å². The lowest BCUT2D eigenvalue weighted by Crippen LogP contribution is -2.49. The van der Waals surface area contributed by atoms with Gasteiger partial charge in [-0.15, -0.1) is 0 Å². The van der Waals surface area contributed by atoms with Crippen LogP contribution in [0.15, 0.2) is 24.3 Å². The number of carbonyl (C=O) groups excluding carboxylic acids is 2. The van der Waals surface area contributed by atoms with E-state index in [0.717, 1.165) is 30.4 Å². The fourth-order valence-electron chi connectivity index (χ4n) is 3.26. The zero-order valence-corrected chi connectivity index (χ0v) is 16.2. The number of hydrogen-bond acceptors (Lipinski definition) is 3. The summed E-state index contributed by atoms with van der Waals surface area (Å²) < 4.78 is 0. The van der Waals surface area contributed by atoms with Gasteiger partial charge in [-0.25, -0.2) is 0 Å². The largest absolute Gasteiger partial charge is 0.334 e. The molecule has 0 spiro atoms. The van der Waals surface area contributed by atoms with E-state index in [9.17, 15) is 9.59 Å². The zero-order chi connectivity index (χ0) is 17.7. The number of amides is 1. The van der Waals surface area contributed by atoms with Crippen LogP contribution in [0.1, 0.15) is 51.6 Å². The second-order valence-electron chi connectivity index (χ2n) is 6.96. The summed E-state index contributed by atoms with van der Waals surface area (Å²) in [4.78, 5) is 26.1. The molecule has 1 saturated heterocycles. The monoisotopic (exact) mass is 367 g/mol. The minimum absolute atomic E-state index is 0.0715. The Bertz CT molecular complexity index is 575. The van der Waals surface area contributed by atoms with Crippen molar-refractivity contribution in [2.75, 3.05) is 12.3 Å². The van der Waals surface area contributed by atoms with Crippen molar-refractivity contribution in [1.29, 1.82) is 0 Å². The molecule has 2 atom stereocenters. The molecule has 0 N–H and O–H groups in total. The zero-order valence-electron chi connectivity index (χ0n) is 14.6. The Balaban J connectivity index is 2.23. The smallest absolute Gasteiger partial charge is 0.229 e. The summed E-state index contributed by atoms with van der Waals surface area (Å²) in [6.07, 6.45) is 2.80. The van der Waals surface area contributed by atoms with Gasteiger partial charge in [0.25, 0.3) is 0 Å². The van der Waals surface area contributed by atoms with Crippen LogP contribution in [-0.4, -0.2) is 34.6 Å². The van der Waals surface area contributed by atoms with E-state index in [0.29, 0.717) is 23.2 Å². The highest BCUT2D eigenvalue weighted by Gasteiger charge is 2.43. The van der Waals surface area contributed by atoms with Gasteiger partial charge in [0.2, 0.25) is 5.91 Å². The Kier molecular flexibility index (Phi) is 6.76. The van der Waals surface area contributed by atoms with Crippen LogP contribution in [0.4, 0.5) is 0 Å². The number of nitrogens with zero attached hydrogens (tertiary/aromatic N) is 1. The normalized spacial score (nSPS) is 24.5. The van der Waals surface area contributed by atoms with E-state index in [4.69, 9.17) is 11.6 Å². The highest BCUT2D eigenvalue weighted by Crippen LogP contribution is 2.42. The Morgan fingerprint density at radius 1 is 1.38 bits per heavy atom. The molecule has 1 aliphatic rings. The van der Waals surface area contributed by atoms with Crippen molar-refractivity contribution in [1.82, 2.24) is 4.90 Å². The van der Waals surface area contributed by atoms with Crippen LogP contribution >= 0.6 is 23.4 Å². The first-order valence-electron chi connectivity index (χ1n) is 8.49. The number of benzene rings is 1. The molecular weight excluding hydrogens is 342 g/mol. The number of hydrogen-bond donors (Lipinski definition) is 0. The van der Waals surface area contributed by atoms with Crippen molar-refractivity contribution in [2.45, 2.75) is 51.3 Å². The predicted octanol–water partition coefficient (Wildman–Crippen LogP) is 4.74. The summed E-state index contributed by atoms with van der Waals surface area (Å²) >= 11 is 7.85. The maximum atomic E-state index is 13.1. The standard InChI is InChI=1S/C19H26ClNO2S/c1-14(2)24-13-11-21-17(15-4-6-16(20)7-5-15)8-9-19(3,10-12-22)18(21)23/h4-7,12,14,17H,8-11,13H2,1-3H3/t17?,19-/m1/s1. The number of thioether (sulfide) groups is 1. The minimum atomic E-state index is -0.562. The fraction of sp³-hybridized carbons (Fsp3) is 0.579. The SMILES string of the molecule is CC(C)SCCN1C(=O)[C@@](C)(CC=O)CCC1c1ccc(Cl)cc1. The van der Waals surface area contributed by atoms with E-state index in [1.54, 1.807) is 0 Å². The highest BCUT2D eigenvalue weighted by molar-refractivity contribution is 7.99. The average molecular weight is 368 g/mol. The van der Waals surface area contributed by atoms with Crippen LogP contribution in [0.2, 0.25) is 5.02 Å². The van der Waals surface area contributed by atoms with Crippen molar-refractivity contribution in [2.24, 2.45) is 5.41 Å². The van der Waals surface area contributed by atoms with E-state index in [-0.39, 0.29) is 11.9 Å². The topological polar surface area (TPSA) is 37.4 Å². The van der Waals surface area contributed by atoms with E-state index in [1.165, 1.54) is 0 Å². The Hall–Kier alpha value is -1.00. The van der Waals surface area contributed by atoms with Crippen LogP contribution in [0.3, 0.4) is 0 Å². The van der Waals surface area contributed by atoms with Gasteiger partial charge in [-0.3, -0.25) is 4.79 Å².